The number of nitrogen functional groups attached to an aromatic ring is 1. The fraction of sp³-hybridized carbons (Fsp3) is 0. The molecule has 17 heavy (non-hydrogen) atoms. The minimum Gasteiger partial charge on any atom is -0.384 e. The number of anilines is 2. The number of hydrogen-bond acceptors (Lipinski definition) is 5. The van der Waals surface area contributed by atoms with Crippen molar-refractivity contribution in [1.29, 1.82) is 0 Å². The number of nitrogens with zero attached hydrogens (tertiary/aromatic N) is 1. The monoisotopic (exact) mass is 333 g/mol. The van der Waals surface area contributed by atoms with Crippen molar-refractivity contribution < 1.29 is 8.42 Å². The molecule has 0 aromatic carbocycles. The maximum absolute atomic E-state index is 12.0. The van der Waals surface area contributed by atoms with Crippen LogP contribution in [0.25, 0.3) is 0 Å². The molecule has 0 spiro atoms. The topological polar surface area (TPSA) is 85.1 Å². The number of hydrogen-bond donors (Lipinski definition) is 2. The number of thiophene rings is 1. The molecule has 0 aliphatic heterocycles. The lowest BCUT2D eigenvalue weighted by Crippen LogP contribution is -2.12. The maximum atomic E-state index is 12.0. The van der Waals surface area contributed by atoms with Gasteiger partial charge in [0, 0.05) is 4.47 Å². The molecule has 0 amide bonds. The summed E-state index contributed by atoms with van der Waals surface area (Å²) in [5, 5.41) is 1.69. The van der Waals surface area contributed by atoms with E-state index in [1.165, 1.54) is 12.3 Å². The Hall–Kier alpha value is -1.12. The predicted octanol–water partition coefficient (Wildman–Crippen LogP) is 2.29. The standard InChI is InChI=1S/C9H8BrN3O2S2/c10-7-3-4-16-9(7)17(14,15)13-6-1-2-8(11)12-5-6/h1-5,13H,(H2,11,12). The van der Waals surface area contributed by atoms with Gasteiger partial charge in [-0.2, -0.15) is 0 Å². The van der Waals surface area contributed by atoms with E-state index in [1.807, 2.05) is 0 Å². The third kappa shape index (κ3) is 2.76. The van der Waals surface area contributed by atoms with E-state index in [0.717, 1.165) is 11.3 Å². The molecular weight excluding hydrogens is 326 g/mol. The van der Waals surface area contributed by atoms with Crippen molar-refractivity contribution in [3.05, 3.63) is 34.2 Å². The summed E-state index contributed by atoms with van der Waals surface area (Å²) in [6, 6.07) is 4.77. The first-order chi connectivity index (χ1) is 7.99. The van der Waals surface area contributed by atoms with Gasteiger partial charge in [0.1, 0.15) is 5.82 Å². The Bertz CT molecular complexity index is 622. The number of aromatic nitrogens is 1. The quantitative estimate of drug-likeness (QED) is 0.902. The summed E-state index contributed by atoms with van der Waals surface area (Å²) >= 11 is 4.32. The van der Waals surface area contributed by atoms with Gasteiger partial charge in [0.25, 0.3) is 10.0 Å². The zero-order chi connectivity index (χ0) is 12.5. The first-order valence-electron chi connectivity index (χ1n) is 4.46. The van der Waals surface area contributed by atoms with Crippen LogP contribution in [-0.4, -0.2) is 13.4 Å². The fourth-order valence-electron chi connectivity index (χ4n) is 1.14. The highest BCUT2D eigenvalue weighted by Crippen LogP contribution is 2.29. The van der Waals surface area contributed by atoms with Crippen LogP contribution in [0.5, 0.6) is 0 Å². The molecule has 0 saturated carbocycles. The SMILES string of the molecule is Nc1ccc(NS(=O)(=O)c2sccc2Br)cn1. The van der Waals surface area contributed by atoms with Gasteiger partial charge in [0.15, 0.2) is 4.21 Å². The summed E-state index contributed by atoms with van der Waals surface area (Å²) in [5.74, 6) is 0.338. The third-order valence-corrected chi connectivity index (χ3v) is 5.92. The number of nitrogens with one attached hydrogen (secondary N) is 1. The Kier molecular flexibility index (Phi) is 3.36. The normalized spacial score (nSPS) is 11.4. The molecule has 2 aromatic rings. The van der Waals surface area contributed by atoms with Crippen LogP contribution in [0.15, 0.2) is 38.5 Å². The largest absolute Gasteiger partial charge is 0.384 e. The van der Waals surface area contributed by atoms with Crippen molar-refractivity contribution in [2.45, 2.75) is 4.21 Å². The number of sulfonamides is 1. The Morgan fingerprint density at radius 2 is 2.12 bits per heavy atom. The number of nitrogens with two attached hydrogens (primary N) is 1. The molecule has 3 N–H and O–H groups in total. The van der Waals surface area contributed by atoms with Gasteiger partial charge in [-0.05, 0) is 39.5 Å². The summed E-state index contributed by atoms with van der Waals surface area (Å²) in [4.78, 5) is 3.81. The van der Waals surface area contributed by atoms with Gasteiger partial charge in [-0.25, -0.2) is 13.4 Å². The van der Waals surface area contributed by atoms with Gasteiger partial charge < -0.3 is 5.73 Å². The lowest BCUT2D eigenvalue weighted by Gasteiger charge is -2.06. The molecule has 8 heteroatoms. The first-order valence-corrected chi connectivity index (χ1v) is 7.62. The van der Waals surface area contributed by atoms with E-state index in [-0.39, 0.29) is 4.21 Å². The van der Waals surface area contributed by atoms with Gasteiger partial charge in [-0.15, -0.1) is 11.3 Å². The Balaban J connectivity index is 2.30. The van der Waals surface area contributed by atoms with Crippen molar-refractivity contribution >= 4 is 48.8 Å². The highest BCUT2D eigenvalue weighted by molar-refractivity contribution is 9.10. The minimum atomic E-state index is -3.57. The zero-order valence-electron chi connectivity index (χ0n) is 8.42. The van der Waals surface area contributed by atoms with E-state index in [0.29, 0.717) is 16.0 Å². The molecule has 0 aliphatic carbocycles. The van der Waals surface area contributed by atoms with Crippen LogP contribution in [0.1, 0.15) is 0 Å². The van der Waals surface area contributed by atoms with Crippen LogP contribution in [-0.2, 0) is 10.0 Å². The van der Waals surface area contributed by atoms with Gasteiger partial charge >= 0.3 is 0 Å². The van der Waals surface area contributed by atoms with Crippen molar-refractivity contribution in [2.24, 2.45) is 0 Å². The Labute approximate surface area is 111 Å². The summed E-state index contributed by atoms with van der Waals surface area (Å²) in [5.41, 5.74) is 5.79. The van der Waals surface area contributed by atoms with E-state index in [1.54, 1.807) is 17.5 Å². The maximum Gasteiger partial charge on any atom is 0.272 e. The minimum absolute atomic E-state index is 0.231. The van der Waals surface area contributed by atoms with Crippen molar-refractivity contribution in [1.82, 2.24) is 4.98 Å². The molecule has 0 aliphatic rings. The first kappa shape index (κ1) is 12.3. The molecule has 5 nitrogen and oxygen atoms in total. The molecular formula is C9H8BrN3O2S2. The van der Waals surface area contributed by atoms with Crippen LogP contribution in [0.3, 0.4) is 0 Å². The van der Waals surface area contributed by atoms with Crippen LogP contribution in [0.2, 0.25) is 0 Å². The van der Waals surface area contributed by atoms with Crippen LogP contribution in [0.4, 0.5) is 11.5 Å². The molecule has 0 atom stereocenters. The van der Waals surface area contributed by atoms with E-state index in [2.05, 4.69) is 25.6 Å². The van der Waals surface area contributed by atoms with Crippen molar-refractivity contribution in [3.8, 4) is 0 Å². The van der Waals surface area contributed by atoms with Gasteiger partial charge in [0.05, 0.1) is 11.9 Å². The van der Waals surface area contributed by atoms with Crippen LogP contribution < -0.4 is 10.5 Å². The predicted molar refractivity (Wildman–Crippen MR) is 71.5 cm³/mol. The van der Waals surface area contributed by atoms with Gasteiger partial charge in [0.2, 0.25) is 0 Å². The average molecular weight is 334 g/mol. The summed E-state index contributed by atoms with van der Waals surface area (Å²) in [7, 11) is -3.57. The molecule has 2 aromatic heterocycles. The highest BCUT2D eigenvalue weighted by atomic mass is 79.9. The summed E-state index contributed by atoms with van der Waals surface area (Å²) in [6.45, 7) is 0. The summed E-state index contributed by atoms with van der Waals surface area (Å²) < 4.78 is 27.2. The fourth-order valence-corrected chi connectivity index (χ4v) is 4.52. The second-order valence-corrected chi connectivity index (χ2v) is 6.78. The molecule has 2 rings (SSSR count). The van der Waals surface area contributed by atoms with Gasteiger partial charge in [-0.3, -0.25) is 4.72 Å². The third-order valence-electron chi connectivity index (χ3n) is 1.87. The van der Waals surface area contributed by atoms with Crippen LogP contribution >= 0.6 is 27.3 Å². The molecule has 0 radical (unpaired) electrons. The molecule has 2 heterocycles. The second-order valence-electron chi connectivity index (χ2n) is 3.13. The lowest BCUT2D eigenvalue weighted by molar-refractivity contribution is 0.603. The smallest absolute Gasteiger partial charge is 0.272 e. The molecule has 0 unspecified atom stereocenters. The van der Waals surface area contributed by atoms with E-state index >= 15 is 0 Å². The van der Waals surface area contributed by atoms with E-state index in [9.17, 15) is 8.42 Å². The van der Waals surface area contributed by atoms with Crippen molar-refractivity contribution in [2.75, 3.05) is 10.5 Å². The van der Waals surface area contributed by atoms with Crippen molar-refractivity contribution in [3.63, 3.8) is 0 Å². The highest BCUT2D eigenvalue weighted by Gasteiger charge is 2.19. The molecule has 0 saturated heterocycles. The molecule has 0 fully saturated rings. The van der Waals surface area contributed by atoms with E-state index in [4.69, 9.17) is 5.73 Å². The van der Waals surface area contributed by atoms with Gasteiger partial charge in [-0.1, -0.05) is 0 Å². The molecule has 90 valence electrons. The van der Waals surface area contributed by atoms with Crippen LogP contribution in [0, 0.1) is 0 Å². The zero-order valence-corrected chi connectivity index (χ0v) is 11.6. The summed E-state index contributed by atoms with van der Waals surface area (Å²) in [6.07, 6.45) is 1.37. The number of halogens is 1. The number of rotatable bonds is 3. The lowest BCUT2D eigenvalue weighted by atomic mass is 10.4. The Morgan fingerprint density at radius 1 is 1.35 bits per heavy atom. The average Bonchev–Trinajstić information content (AvgIpc) is 2.68. The molecule has 0 bridgehead atoms. The number of pyridine rings is 1. The Morgan fingerprint density at radius 3 is 2.65 bits per heavy atom. The second kappa shape index (κ2) is 4.63. The van der Waals surface area contributed by atoms with E-state index < -0.39 is 10.0 Å².